The molecule has 0 aliphatic carbocycles. The van der Waals surface area contributed by atoms with E-state index in [1.807, 2.05) is 19.4 Å². The Morgan fingerprint density at radius 2 is 2.40 bits per heavy atom. The fourth-order valence-corrected chi connectivity index (χ4v) is 2.22. The van der Waals surface area contributed by atoms with Crippen LogP contribution in [0.4, 0.5) is 0 Å². The minimum atomic E-state index is 0.387. The summed E-state index contributed by atoms with van der Waals surface area (Å²) in [6, 6.07) is 0.961. The lowest BCUT2D eigenvalue weighted by Crippen LogP contribution is -2.45. The highest BCUT2D eigenvalue weighted by Crippen LogP contribution is 2.17. The Morgan fingerprint density at radius 1 is 1.60 bits per heavy atom. The number of likely N-dealkylation sites (tertiary alicyclic amines) is 1. The largest absolute Gasteiger partial charge is 0.337 e. The number of nitrogens with two attached hydrogens (primary N) is 1. The van der Waals surface area contributed by atoms with Crippen molar-refractivity contribution in [3.63, 3.8) is 0 Å². The quantitative estimate of drug-likeness (QED) is 0.779. The van der Waals surface area contributed by atoms with Gasteiger partial charge in [-0.05, 0) is 19.8 Å². The second-order valence-corrected chi connectivity index (χ2v) is 4.56. The third-order valence-corrected chi connectivity index (χ3v) is 3.32. The van der Waals surface area contributed by atoms with Crippen LogP contribution in [0, 0.1) is 0 Å². The molecule has 84 valence electrons. The average molecular weight is 208 g/mol. The molecule has 1 aliphatic rings. The third-order valence-electron chi connectivity index (χ3n) is 3.32. The van der Waals surface area contributed by atoms with Crippen LogP contribution in [0.3, 0.4) is 0 Å². The molecule has 0 amide bonds. The molecular formula is C11H20N4. The molecule has 15 heavy (non-hydrogen) atoms. The number of aryl methyl sites for hydroxylation is 1. The Bertz CT molecular complexity index is 320. The van der Waals surface area contributed by atoms with E-state index in [2.05, 4.69) is 21.4 Å². The van der Waals surface area contributed by atoms with Crippen molar-refractivity contribution in [2.75, 3.05) is 6.54 Å². The molecule has 1 aliphatic heterocycles. The van der Waals surface area contributed by atoms with Crippen molar-refractivity contribution in [2.24, 2.45) is 12.8 Å². The molecule has 0 saturated carbocycles. The number of piperidine rings is 1. The lowest BCUT2D eigenvalue weighted by Gasteiger charge is -2.35. The fraction of sp³-hybridized carbons (Fsp3) is 0.727. The summed E-state index contributed by atoms with van der Waals surface area (Å²) in [4.78, 5) is 6.82. The van der Waals surface area contributed by atoms with E-state index in [1.165, 1.54) is 0 Å². The van der Waals surface area contributed by atoms with Crippen molar-refractivity contribution < 1.29 is 0 Å². The minimum absolute atomic E-state index is 0.387. The first-order valence-corrected chi connectivity index (χ1v) is 5.62. The maximum absolute atomic E-state index is 5.94. The molecule has 2 unspecified atom stereocenters. The molecule has 1 aromatic heterocycles. The van der Waals surface area contributed by atoms with E-state index in [9.17, 15) is 0 Å². The van der Waals surface area contributed by atoms with Crippen LogP contribution in [-0.4, -0.2) is 33.1 Å². The van der Waals surface area contributed by atoms with Gasteiger partial charge in [0.1, 0.15) is 5.82 Å². The molecule has 0 bridgehead atoms. The number of hydrogen-bond acceptors (Lipinski definition) is 3. The summed E-state index contributed by atoms with van der Waals surface area (Å²) >= 11 is 0. The Kier molecular flexibility index (Phi) is 3.07. The third kappa shape index (κ3) is 2.38. The summed E-state index contributed by atoms with van der Waals surface area (Å²) in [6.45, 7) is 4.29. The average Bonchev–Trinajstić information content (AvgIpc) is 2.57. The van der Waals surface area contributed by atoms with Crippen molar-refractivity contribution in [3.05, 3.63) is 18.2 Å². The monoisotopic (exact) mass is 208 g/mol. The van der Waals surface area contributed by atoms with Gasteiger partial charge in [-0.3, -0.25) is 4.90 Å². The molecule has 2 rings (SSSR count). The normalized spacial score (nSPS) is 28.2. The Balaban J connectivity index is 1.98. The van der Waals surface area contributed by atoms with E-state index in [0.717, 1.165) is 31.8 Å². The lowest BCUT2D eigenvalue weighted by atomic mass is 9.99. The van der Waals surface area contributed by atoms with Gasteiger partial charge in [-0.25, -0.2) is 4.98 Å². The molecule has 0 radical (unpaired) electrons. The first kappa shape index (κ1) is 10.6. The van der Waals surface area contributed by atoms with Crippen molar-refractivity contribution in [1.82, 2.24) is 14.5 Å². The molecule has 2 atom stereocenters. The van der Waals surface area contributed by atoms with E-state index in [-0.39, 0.29) is 0 Å². The topological polar surface area (TPSA) is 47.1 Å². The van der Waals surface area contributed by atoms with Crippen molar-refractivity contribution in [1.29, 1.82) is 0 Å². The maximum Gasteiger partial charge on any atom is 0.122 e. The number of rotatable bonds is 2. The van der Waals surface area contributed by atoms with Crippen molar-refractivity contribution in [2.45, 2.75) is 38.4 Å². The van der Waals surface area contributed by atoms with Crippen LogP contribution in [0.2, 0.25) is 0 Å². The van der Waals surface area contributed by atoms with E-state index < -0.39 is 0 Å². The zero-order valence-corrected chi connectivity index (χ0v) is 9.56. The van der Waals surface area contributed by atoms with Gasteiger partial charge in [0.2, 0.25) is 0 Å². The fourth-order valence-electron chi connectivity index (χ4n) is 2.22. The van der Waals surface area contributed by atoms with Crippen LogP contribution in [0.5, 0.6) is 0 Å². The van der Waals surface area contributed by atoms with Crippen molar-refractivity contribution >= 4 is 0 Å². The molecular weight excluding hydrogens is 188 g/mol. The molecule has 4 nitrogen and oxygen atoms in total. The second-order valence-electron chi connectivity index (χ2n) is 4.56. The van der Waals surface area contributed by atoms with Crippen LogP contribution in [-0.2, 0) is 13.6 Å². The number of nitrogens with zero attached hydrogens (tertiary/aromatic N) is 3. The van der Waals surface area contributed by atoms with Gasteiger partial charge in [-0.2, -0.15) is 0 Å². The molecule has 1 saturated heterocycles. The zero-order valence-electron chi connectivity index (χ0n) is 9.56. The molecule has 1 fully saturated rings. The standard InChI is InChI=1S/C11H20N4/c1-9-7-10(12)3-5-15(9)8-11-13-4-6-14(11)2/h4,6,9-10H,3,5,7-8,12H2,1-2H3. The zero-order chi connectivity index (χ0) is 10.8. The van der Waals surface area contributed by atoms with Crippen molar-refractivity contribution in [3.8, 4) is 0 Å². The minimum Gasteiger partial charge on any atom is -0.337 e. The van der Waals surface area contributed by atoms with Gasteiger partial charge in [0.15, 0.2) is 0 Å². The highest BCUT2D eigenvalue weighted by Gasteiger charge is 2.23. The summed E-state index contributed by atoms with van der Waals surface area (Å²) in [5.41, 5.74) is 5.94. The smallest absolute Gasteiger partial charge is 0.122 e. The molecule has 1 aromatic rings. The number of hydrogen-bond donors (Lipinski definition) is 1. The second kappa shape index (κ2) is 4.33. The molecule has 0 aromatic carbocycles. The van der Waals surface area contributed by atoms with Gasteiger partial charge >= 0.3 is 0 Å². The van der Waals surface area contributed by atoms with Gasteiger partial charge in [0.25, 0.3) is 0 Å². The van der Waals surface area contributed by atoms with Crippen LogP contribution < -0.4 is 5.73 Å². The van der Waals surface area contributed by atoms with Gasteiger partial charge in [0.05, 0.1) is 6.54 Å². The number of aromatic nitrogens is 2. The van der Waals surface area contributed by atoms with E-state index in [4.69, 9.17) is 5.73 Å². The van der Waals surface area contributed by atoms with Crippen LogP contribution in [0.1, 0.15) is 25.6 Å². The highest BCUT2D eigenvalue weighted by atomic mass is 15.2. The van der Waals surface area contributed by atoms with Crippen LogP contribution in [0.15, 0.2) is 12.4 Å². The summed E-state index contributed by atoms with van der Waals surface area (Å²) in [5.74, 6) is 1.14. The molecule has 2 N–H and O–H groups in total. The van der Waals surface area contributed by atoms with E-state index >= 15 is 0 Å². The number of imidazole rings is 1. The van der Waals surface area contributed by atoms with Crippen LogP contribution >= 0.6 is 0 Å². The maximum atomic E-state index is 5.94. The van der Waals surface area contributed by atoms with Gasteiger partial charge < -0.3 is 10.3 Å². The molecule has 0 spiro atoms. The first-order chi connectivity index (χ1) is 7.16. The summed E-state index contributed by atoms with van der Waals surface area (Å²) in [6.07, 6.45) is 6.06. The molecule has 4 heteroatoms. The van der Waals surface area contributed by atoms with E-state index in [1.54, 1.807) is 0 Å². The summed E-state index contributed by atoms with van der Waals surface area (Å²) in [7, 11) is 2.04. The summed E-state index contributed by atoms with van der Waals surface area (Å²) in [5, 5.41) is 0. The molecule has 2 heterocycles. The van der Waals surface area contributed by atoms with E-state index in [0.29, 0.717) is 12.1 Å². The first-order valence-electron chi connectivity index (χ1n) is 5.62. The van der Waals surface area contributed by atoms with Gasteiger partial charge in [0, 0.05) is 38.1 Å². The summed E-state index contributed by atoms with van der Waals surface area (Å²) < 4.78 is 2.08. The van der Waals surface area contributed by atoms with Crippen LogP contribution in [0.25, 0.3) is 0 Å². The predicted molar refractivity (Wildman–Crippen MR) is 60.3 cm³/mol. The SMILES string of the molecule is CC1CC(N)CCN1Cc1nccn1C. The Hall–Kier alpha value is -0.870. The lowest BCUT2D eigenvalue weighted by molar-refractivity contribution is 0.135. The van der Waals surface area contributed by atoms with Gasteiger partial charge in [-0.15, -0.1) is 0 Å². The Morgan fingerprint density at radius 3 is 3.00 bits per heavy atom. The Labute approximate surface area is 91.1 Å². The highest BCUT2D eigenvalue weighted by molar-refractivity contribution is 4.93. The van der Waals surface area contributed by atoms with Gasteiger partial charge in [-0.1, -0.05) is 0 Å². The predicted octanol–water partition coefficient (Wildman–Crippen LogP) is 0.732.